The summed E-state index contributed by atoms with van der Waals surface area (Å²) in [6.07, 6.45) is -8.60. The maximum absolute atomic E-state index is 14.1. The number of rotatable bonds is 8. The minimum Gasteiger partial charge on any atom is -0.481 e. The molecule has 0 spiro atoms. The van der Waals surface area contributed by atoms with E-state index in [0.717, 1.165) is 4.90 Å². The van der Waals surface area contributed by atoms with Crippen LogP contribution in [0.1, 0.15) is 63.8 Å². The monoisotopic (exact) mass is 623 g/mol. The van der Waals surface area contributed by atoms with Gasteiger partial charge in [-0.3, -0.25) is 9.59 Å². The summed E-state index contributed by atoms with van der Waals surface area (Å²) in [6.45, 7) is 5.24. The van der Waals surface area contributed by atoms with E-state index in [4.69, 9.17) is 27.9 Å². The van der Waals surface area contributed by atoms with Gasteiger partial charge in [0.25, 0.3) is 5.91 Å². The van der Waals surface area contributed by atoms with Gasteiger partial charge in [0, 0.05) is 10.0 Å². The van der Waals surface area contributed by atoms with Crippen molar-refractivity contribution in [2.75, 3.05) is 5.75 Å². The van der Waals surface area contributed by atoms with Crippen LogP contribution in [0.5, 0.6) is 0 Å². The van der Waals surface area contributed by atoms with Gasteiger partial charge in [0.15, 0.2) is 15.4 Å². The zero-order valence-corrected chi connectivity index (χ0v) is 24.5. The number of hydrogen-bond donors (Lipinski definition) is 1. The molecule has 1 saturated heterocycles. The van der Waals surface area contributed by atoms with Crippen LogP contribution in [-0.4, -0.2) is 58.6 Å². The third kappa shape index (κ3) is 7.29. The summed E-state index contributed by atoms with van der Waals surface area (Å²) >= 11 is 12.3. The Kier molecular flexibility index (Phi) is 9.25. The van der Waals surface area contributed by atoms with Crippen LogP contribution in [0.25, 0.3) is 0 Å². The molecule has 3 rings (SSSR count). The fourth-order valence-electron chi connectivity index (χ4n) is 4.68. The topological polar surface area (TPSA) is 101 Å². The molecular formula is C27H30Cl2F3NO6S. The molecule has 40 heavy (non-hydrogen) atoms. The number of carboxylic acid groups (broad SMARTS) is 1. The van der Waals surface area contributed by atoms with Crippen molar-refractivity contribution in [1.82, 2.24) is 4.90 Å². The van der Waals surface area contributed by atoms with E-state index in [9.17, 15) is 36.3 Å². The first-order valence-electron chi connectivity index (χ1n) is 12.3. The van der Waals surface area contributed by atoms with E-state index >= 15 is 0 Å². The first-order valence-corrected chi connectivity index (χ1v) is 14.7. The van der Waals surface area contributed by atoms with Crippen LogP contribution in [0.15, 0.2) is 48.5 Å². The number of alkyl halides is 3. The van der Waals surface area contributed by atoms with Crippen molar-refractivity contribution in [3.63, 3.8) is 0 Å². The number of morpholine rings is 1. The largest absolute Gasteiger partial charge is 0.481 e. The summed E-state index contributed by atoms with van der Waals surface area (Å²) in [4.78, 5) is 26.7. The lowest BCUT2D eigenvalue weighted by Gasteiger charge is -2.51. The molecule has 220 valence electrons. The Morgan fingerprint density at radius 2 is 1.68 bits per heavy atom. The van der Waals surface area contributed by atoms with Crippen LogP contribution >= 0.6 is 23.2 Å². The molecule has 1 aliphatic rings. The quantitative estimate of drug-likeness (QED) is 0.365. The lowest BCUT2D eigenvalue weighted by Crippen LogP contribution is -2.62. The maximum atomic E-state index is 14.1. The van der Waals surface area contributed by atoms with Crippen molar-refractivity contribution < 1.29 is 41.0 Å². The van der Waals surface area contributed by atoms with Crippen molar-refractivity contribution in [3.05, 3.63) is 69.7 Å². The standard InChI is InChI=1S/C27H30Cl2F3NO6S/c1-25(2,3)40(37,38)15-20(13-27(30,31)32)33-22(16-8-10-18(28)11-9-16)23(17-6-5-7-19(29)12-17)39-26(4,24(33)36)14-21(34)35/h5-12,20,22-23H,13-15H2,1-4H3,(H,34,35)/t20?,22-,23-,26-/m1/s1. The van der Waals surface area contributed by atoms with Crippen LogP contribution in [0.3, 0.4) is 0 Å². The van der Waals surface area contributed by atoms with Gasteiger partial charge < -0.3 is 14.7 Å². The predicted molar refractivity (Wildman–Crippen MR) is 145 cm³/mol. The predicted octanol–water partition coefficient (Wildman–Crippen LogP) is 6.40. The summed E-state index contributed by atoms with van der Waals surface area (Å²) in [5.41, 5.74) is -1.47. The Bertz CT molecular complexity index is 1360. The normalized spacial score (nSPS) is 23.2. The van der Waals surface area contributed by atoms with Gasteiger partial charge >= 0.3 is 12.1 Å². The Labute approximate surface area is 241 Å². The molecule has 7 nitrogen and oxygen atoms in total. The van der Waals surface area contributed by atoms with Crippen molar-refractivity contribution in [2.45, 2.75) is 75.2 Å². The molecule has 4 atom stereocenters. The smallest absolute Gasteiger partial charge is 0.391 e. The molecule has 13 heteroatoms. The van der Waals surface area contributed by atoms with Gasteiger partial charge in [-0.25, -0.2) is 8.42 Å². The molecule has 0 aliphatic carbocycles. The average molecular weight is 625 g/mol. The van der Waals surface area contributed by atoms with Crippen molar-refractivity contribution in [3.8, 4) is 0 Å². The number of benzene rings is 2. The number of hydrogen-bond acceptors (Lipinski definition) is 5. The second-order valence-electron chi connectivity index (χ2n) is 11.0. The Morgan fingerprint density at radius 3 is 2.17 bits per heavy atom. The van der Waals surface area contributed by atoms with Gasteiger partial charge in [0.2, 0.25) is 0 Å². The van der Waals surface area contributed by atoms with Gasteiger partial charge in [-0.2, -0.15) is 13.2 Å². The lowest BCUT2D eigenvalue weighted by molar-refractivity contribution is -0.212. The number of sulfone groups is 1. The second-order valence-corrected chi connectivity index (χ2v) is 14.6. The molecule has 1 N–H and O–H groups in total. The van der Waals surface area contributed by atoms with E-state index in [1.165, 1.54) is 58.0 Å². The van der Waals surface area contributed by atoms with Gasteiger partial charge in [0.05, 0.1) is 35.4 Å². The van der Waals surface area contributed by atoms with E-state index in [0.29, 0.717) is 16.1 Å². The molecule has 1 fully saturated rings. The number of carbonyl (C=O) groups is 2. The number of carbonyl (C=O) groups excluding carboxylic acids is 1. The zero-order valence-electron chi connectivity index (χ0n) is 22.2. The number of ether oxygens (including phenoxy) is 1. The Hall–Kier alpha value is -2.34. The molecule has 1 amide bonds. The van der Waals surface area contributed by atoms with E-state index in [-0.39, 0.29) is 5.02 Å². The number of aliphatic carboxylic acids is 1. The first-order chi connectivity index (χ1) is 18.2. The average Bonchev–Trinajstić information content (AvgIpc) is 2.78. The van der Waals surface area contributed by atoms with Crippen molar-refractivity contribution in [1.29, 1.82) is 0 Å². The van der Waals surface area contributed by atoms with Gasteiger partial charge in [0.1, 0.15) is 6.10 Å². The highest BCUT2D eigenvalue weighted by molar-refractivity contribution is 7.92. The number of amides is 1. The molecule has 1 unspecified atom stereocenters. The van der Waals surface area contributed by atoms with E-state index in [1.807, 2.05) is 0 Å². The summed E-state index contributed by atoms with van der Waals surface area (Å²) in [5.74, 6) is -3.52. The Balaban J connectivity index is 2.35. The molecule has 0 bridgehead atoms. The third-order valence-corrected chi connectivity index (χ3v) is 9.92. The number of carboxylic acids is 1. The lowest BCUT2D eigenvalue weighted by atomic mass is 9.86. The van der Waals surface area contributed by atoms with Gasteiger partial charge in [-0.15, -0.1) is 0 Å². The Morgan fingerprint density at radius 1 is 1.07 bits per heavy atom. The molecule has 0 radical (unpaired) electrons. The van der Waals surface area contributed by atoms with Crippen molar-refractivity contribution >= 4 is 44.9 Å². The summed E-state index contributed by atoms with van der Waals surface area (Å²) in [7, 11) is -4.20. The number of nitrogens with zero attached hydrogens (tertiary/aromatic N) is 1. The molecule has 2 aromatic carbocycles. The second kappa shape index (κ2) is 11.5. The highest BCUT2D eigenvalue weighted by atomic mass is 35.5. The zero-order chi connectivity index (χ0) is 30.3. The molecule has 0 saturated carbocycles. The minimum atomic E-state index is -4.87. The van der Waals surface area contributed by atoms with Crippen LogP contribution in [0, 0.1) is 0 Å². The highest BCUT2D eigenvalue weighted by Crippen LogP contribution is 2.49. The molecule has 1 heterocycles. The molecular weight excluding hydrogens is 594 g/mol. The summed E-state index contributed by atoms with van der Waals surface area (Å²) in [5, 5.41) is 10.2. The van der Waals surface area contributed by atoms with E-state index in [1.54, 1.807) is 18.2 Å². The molecule has 2 aromatic rings. The summed E-state index contributed by atoms with van der Waals surface area (Å²) < 4.78 is 73.3. The minimum absolute atomic E-state index is 0.265. The SMILES string of the molecule is CC(C)(C)S(=O)(=O)CC(CC(F)(F)F)N1C(=O)[C@@](C)(CC(=O)O)O[C@H](c2cccc(Cl)c2)[C@H]1c1ccc(Cl)cc1. The fourth-order valence-corrected chi connectivity index (χ4v) is 6.29. The van der Waals surface area contributed by atoms with Gasteiger partial charge in [-0.1, -0.05) is 47.5 Å². The van der Waals surface area contributed by atoms with Crippen LogP contribution < -0.4 is 0 Å². The highest BCUT2D eigenvalue weighted by Gasteiger charge is 2.55. The van der Waals surface area contributed by atoms with Crippen molar-refractivity contribution in [2.24, 2.45) is 0 Å². The van der Waals surface area contributed by atoms with Crippen LogP contribution in [0.2, 0.25) is 10.0 Å². The molecule has 0 aromatic heterocycles. The first kappa shape index (κ1) is 32.2. The fraction of sp³-hybridized carbons (Fsp3) is 0.481. The van der Waals surface area contributed by atoms with Gasteiger partial charge in [-0.05, 0) is 63.1 Å². The van der Waals surface area contributed by atoms with Crippen LogP contribution in [0.4, 0.5) is 13.2 Å². The van der Waals surface area contributed by atoms with E-state index in [2.05, 4.69) is 0 Å². The van der Waals surface area contributed by atoms with Crippen LogP contribution in [-0.2, 0) is 24.2 Å². The number of halogens is 5. The summed E-state index contributed by atoms with van der Waals surface area (Å²) in [6, 6.07) is 8.97. The molecule has 1 aliphatic heterocycles. The maximum Gasteiger partial charge on any atom is 0.391 e. The third-order valence-electron chi connectivity index (χ3n) is 6.74. The van der Waals surface area contributed by atoms with E-state index < -0.39 is 75.0 Å².